The minimum absolute atomic E-state index is 0.155. The number of carbonyl (C=O) groups excluding carboxylic acids is 1. The number of benzene rings is 1. The Morgan fingerprint density at radius 3 is 2.44 bits per heavy atom. The van der Waals surface area contributed by atoms with Crippen molar-refractivity contribution in [2.24, 2.45) is 0 Å². The van der Waals surface area contributed by atoms with Gasteiger partial charge >= 0.3 is 5.97 Å². The maximum absolute atomic E-state index is 13.0. The Kier molecular flexibility index (Phi) is 4.61. The summed E-state index contributed by atoms with van der Waals surface area (Å²) in [6.45, 7) is 1.56. The number of aliphatic carboxylic acids is 1. The topological polar surface area (TPSA) is 66.4 Å². The van der Waals surface area contributed by atoms with Gasteiger partial charge in [-0.05, 0) is 18.6 Å². The standard InChI is InChI=1S/C11H10ClF2NO3/c1-2-9(11(17)18)15-10(16)5-3-7(13)8(14)4-6(5)12/h3-4,9H,2H2,1H3,(H,15,16)(H,17,18)/t9-/m1/s1. The molecule has 0 bridgehead atoms. The molecule has 4 nitrogen and oxygen atoms in total. The molecule has 1 atom stereocenters. The minimum atomic E-state index is -1.23. The molecule has 1 amide bonds. The molecule has 0 aromatic heterocycles. The molecular formula is C11H10ClF2NO3. The molecule has 2 N–H and O–H groups in total. The van der Waals surface area contributed by atoms with Gasteiger partial charge in [-0.2, -0.15) is 0 Å². The molecule has 0 saturated carbocycles. The van der Waals surface area contributed by atoms with Crippen LogP contribution >= 0.6 is 11.6 Å². The third-order valence-electron chi connectivity index (χ3n) is 2.27. The fourth-order valence-electron chi connectivity index (χ4n) is 1.27. The summed E-state index contributed by atoms with van der Waals surface area (Å²) < 4.78 is 25.8. The summed E-state index contributed by atoms with van der Waals surface area (Å²) >= 11 is 5.59. The van der Waals surface area contributed by atoms with E-state index in [1.165, 1.54) is 0 Å². The Hall–Kier alpha value is -1.69. The van der Waals surface area contributed by atoms with E-state index in [-0.39, 0.29) is 17.0 Å². The summed E-state index contributed by atoms with van der Waals surface area (Å²) in [6, 6.07) is 0.177. The van der Waals surface area contributed by atoms with Crippen LogP contribution in [0.25, 0.3) is 0 Å². The van der Waals surface area contributed by atoms with Crippen LogP contribution in [-0.2, 0) is 4.79 Å². The highest BCUT2D eigenvalue weighted by molar-refractivity contribution is 6.33. The molecule has 0 aliphatic rings. The lowest BCUT2D eigenvalue weighted by Crippen LogP contribution is -2.40. The molecule has 0 saturated heterocycles. The summed E-state index contributed by atoms with van der Waals surface area (Å²) in [7, 11) is 0. The molecule has 0 radical (unpaired) electrons. The predicted octanol–water partition coefficient (Wildman–Crippen LogP) is 2.21. The SMILES string of the molecule is CC[C@@H](NC(=O)c1cc(F)c(F)cc1Cl)C(=O)O. The Morgan fingerprint density at radius 2 is 1.94 bits per heavy atom. The van der Waals surface area contributed by atoms with Crippen molar-refractivity contribution in [2.75, 3.05) is 0 Å². The smallest absolute Gasteiger partial charge is 0.326 e. The Morgan fingerprint density at radius 1 is 1.39 bits per heavy atom. The Labute approximate surface area is 107 Å². The molecule has 7 heteroatoms. The number of carbonyl (C=O) groups is 2. The van der Waals surface area contributed by atoms with Crippen molar-refractivity contribution in [3.8, 4) is 0 Å². The number of hydrogen-bond acceptors (Lipinski definition) is 2. The van der Waals surface area contributed by atoms with Crippen LogP contribution < -0.4 is 5.32 Å². The van der Waals surface area contributed by atoms with Crippen molar-refractivity contribution in [2.45, 2.75) is 19.4 Å². The highest BCUT2D eigenvalue weighted by atomic mass is 35.5. The number of rotatable bonds is 4. The summed E-state index contributed by atoms with van der Waals surface area (Å²) in [6.07, 6.45) is 0.155. The van der Waals surface area contributed by atoms with E-state index >= 15 is 0 Å². The van der Waals surface area contributed by atoms with Gasteiger partial charge in [0.1, 0.15) is 6.04 Å². The van der Waals surface area contributed by atoms with E-state index in [1.807, 2.05) is 0 Å². The number of carboxylic acids is 1. The average Bonchev–Trinajstić information content (AvgIpc) is 2.29. The normalized spacial score (nSPS) is 12.0. The average molecular weight is 278 g/mol. The van der Waals surface area contributed by atoms with Gasteiger partial charge < -0.3 is 10.4 Å². The molecule has 0 spiro atoms. The van der Waals surface area contributed by atoms with Crippen LogP contribution in [0.2, 0.25) is 5.02 Å². The van der Waals surface area contributed by atoms with E-state index in [0.717, 1.165) is 0 Å². The van der Waals surface area contributed by atoms with Crippen LogP contribution in [0.5, 0.6) is 0 Å². The molecule has 1 aromatic rings. The second kappa shape index (κ2) is 5.77. The first-order valence-corrected chi connectivity index (χ1v) is 5.42. The van der Waals surface area contributed by atoms with E-state index in [1.54, 1.807) is 6.92 Å². The Balaban J connectivity index is 2.97. The van der Waals surface area contributed by atoms with E-state index in [0.29, 0.717) is 12.1 Å². The van der Waals surface area contributed by atoms with Crippen molar-refractivity contribution in [3.05, 3.63) is 34.4 Å². The lowest BCUT2D eigenvalue weighted by molar-refractivity contribution is -0.139. The lowest BCUT2D eigenvalue weighted by Gasteiger charge is -2.13. The van der Waals surface area contributed by atoms with Crippen LogP contribution in [-0.4, -0.2) is 23.0 Å². The molecule has 0 aliphatic carbocycles. The molecule has 98 valence electrons. The van der Waals surface area contributed by atoms with Crippen molar-refractivity contribution in [3.63, 3.8) is 0 Å². The van der Waals surface area contributed by atoms with Crippen molar-refractivity contribution in [1.82, 2.24) is 5.32 Å². The quantitative estimate of drug-likeness (QED) is 0.829. The van der Waals surface area contributed by atoms with E-state index in [4.69, 9.17) is 16.7 Å². The predicted molar refractivity (Wildman–Crippen MR) is 60.5 cm³/mol. The van der Waals surface area contributed by atoms with Gasteiger partial charge in [0.05, 0.1) is 10.6 Å². The fourth-order valence-corrected chi connectivity index (χ4v) is 1.51. The van der Waals surface area contributed by atoms with Gasteiger partial charge in [-0.15, -0.1) is 0 Å². The third-order valence-corrected chi connectivity index (χ3v) is 2.58. The Bertz CT molecular complexity index is 493. The summed E-state index contributed by atoms with van der Waals surface area (Å²) in [5, 5.41) is 10.6. The van der Waals surface area contributed by atoms with Crippen LogP contribution in [0.4, 0.5) is 8.78 Å². The first-order chi connectivity index (χ1) is 8.36. The first kappa shape index (κ1) is 14.4. The van der Waals surface area contributed by atoms with Gasteiger partial charge in [0.25, 0.3) is 5.91 Å². The highest BCUT2D eigenvalue weighted by Gasteiger charge is 2.21. The molecular weight excluding hydrogens is 268 g/mol. The van der Waals surface area contributed by atoms with Gasteiger partial charge in [0, 0.05) is 0 Å². The maximum Gasteiger partial charge on any atom is 0.326 e. The fraction of sp³-hybridized carbons (Fsp3) is 0.273. The molecule has 0 aliphatic heterocycles. The second-order valence-electron chi connectivity index (χ2n) is 3.52. The van der Waals surface area contributed by atoms with Crippen molar-refractivity contribution < 1.29 is 23.5 Å². The highest BCUT2D eigenvalue weighted by Crippen LogP contribution is 2.20. The van der Waals surface area contributed by atoms with E-state index < -0.39 is 29.6 Å². The third kappa shape index (κ3) is 3.16. The zero-order valence-electron chi connectivity index (χ0n) is 9.34. The number of halogens is 3. The maximum atomic E-state index is 13.0. The van der Waals surface area contributed by atoms with E-state index in [2.05, 4.69) is 5.32 Å². The first-order valence-electron chi connectivity index (χ1n) is 5.05. The van der Waals surface area contributed by atoms with E-state index in [9.17, 15) is 18.4 Å². The van der Waals surface area contributed by atoms with Crippen LogP contribution in [0.15, 0.2) is 12.1 Å². The summed E-state index contributed by atoms with van der Waals surface area (Å²) in [4.78, 5) is 22.4. The lowest BCUT2D eigenvalue weighted by atomic mass is 10.1. The molecule has 18 heavy (non-hydrogen) atoms. The summed E-state index contributed by atoms with van der Waals surface area (Å²) in [5.74, 6) is -4.49. The molecule has 1 rings (SSSR count). The van der Waals surface area contributed by atoms with Crippen LogP contribution in [0, 0.1) is 11.6 Å². The van der Waals surface area contributed by atoms with Crippen molar-refractivity contribution in [1.29, 1.82) is 0 Å². The minimum Gasteiger partial charge on any atom is -0.480 e. The monoisotopic (exact) mass is 277 g/mol. The summed E-state index contributed by atoms with van der Waals surface area (Å²) in [5.41, 5.74) is -0.310. The largest absolute Gasteiger partial charge is 0.480 e. The number of amides is 1. The number of hydrogen-bond donors (Lipinski definition) is 2. The van der Waals surface area contributed by atoms with Crippen LogP contribution in [0.3, 0.4) is 0 Å². The molecule has 0 fully saturated rings. The van der Waals surface area contributed by atoms with Gasteiger partial charge in [0.15, 0.2) is 11.6 Å². The van der Waals surface area contributed by atoms with Crippen LogP contribution in [0.1, 0.15) is 23.7 Å². The molecule has 0 heterocycles. The van der Waals surface area contributed by atoms with Gasteiger partial charge in [-0.1, -0.05) is 18.5 Å². The zero-order chi connectivity index (χ0) is 13.9. The van der Waals surface area contributed by atoms with Gasteiger partial charge in [0.2, 0.25) is 0 Å². The number of nitrogens with one attached hydrogen (secondary N) is 1. The second-order valence-corrected chi connectivity index (χ2v) is 3.93. The zero-order valence-corrected chi connectivity index (χ0v) is 10.1. The van der Waals surface area contributed by atoms with Crippen molar-refractivity contribution >= 4 is 23.5 Å². The molecule has 0 unspecified atom stereocenters. The number of carboxylic acid groups (broad SMARTS) is 1. The van der Waals surface area contributed by atoms with Gasteiger partial charge in [-0.3, -0.25) is 4.79 Å². The molecule has 1 aromatic carbocycles. The van der Waals surface area contributed by atoms with Gasteiger partial charge in [-0.25, -0.2) is 13.6 Å².